The second-order valence-corrected chi connectivity index (χ2v) is 3.07. The number of hydrogen-bond donors (Lipinski definition) is 0. The quantitative estimate of drug-likeness (QED) is 0.546. The molecule has 0 saturated carbocycles. The number of ether oxygens (including phenoxy) is 2. The Labute approximate surface area is 89.3 Å². The second kappa shape index (κ2) is 5.86. The van der Waals surface area contributed by atoms with E-state index in [1.807, 2.05) is 31.2 Å². The van der Waals surface area contributed by atoms with Crippen LogP contribution in [0, 0.1) is 6.92 Å². The second-order valence-electron chi connectivity index (χ2n) is 3.07. The molecular weight excluding hydrogens is 192 g/mol. The summed E-state index contributed by atoms with van der Waals surface area (Å²) in [6.45, 7) is 5.58. The van der Waals surface area contributed by atoms with E-state index in [1.54, 1.807) is 0 Å². The van der Waals surface area contributed by atoms with Gasteiger partial charge in [0.1, 0.15) is 12.4 Å². The topological polar surface area (TPSA) is 35.5 Å². The highest BCUT2D eigenvalue weighted by Gasteiger charge is 2.02. The van der Waals surface area contributed by atoms with E-state index in [0.29, 0.717) is 5.75 Å². The SMILES string of the molecule is C=CCOC(=O)COc1ccc(C)cc1. The minimum atomic E-state index is -0.393. The van der Waals surface area contributed by atoms with E-state index < -0.39 is 5.97 Å². The van der Waals surface area contributed by atoms with Gasteiger partial charge in [0.05, 0.1) is 0 Å². The van der Waals surface area contributed by atoms with Crippen LogP contribution in [0.3, 0.4) is 0 Å². The van der Waals surface area contributed by atoms with Crippen LogP contribution < -0.4 is 4.74 Å². The van der Waals surface area contributed by atoms with Crippen molar-refractivity contribution in [3.05, 3.63) is 42.5 Å². The van der Waals surface area contributed by atoms with Gasteiger partial charge in [-0.1, -0.05) is 30.4 Å². The third kappa shape index (κ3) is 4.31. The molecule has 0 atom stereocenters. The van der Waals surface area contributed by atoms with Crippen molar-refractivity contribution in [2.75, 3.05) is 13.2 Å². The van der Waals surface area contributed by atoms with Gasteiger partial charge in [-0.25, -0.2) is 4.79 Å². The van der Waals surface area contributed by atoms with Crippen molar-refractivity contribution in [1.29, 1.82) is 0 Å². The van der Waals surface area contributed by atoms with E-state index in [4.69, 9.17) is 9.47 Å². The Kier molecular flexibility index (Phi) is 4.41. The van der Waals surface area contributed by atoms with Gasteiger partial charge >= 0.3 is 5.97 Å². The van der Waals surface area contributed by atoms with Crippen LogP contribution in [-0.4, -0.2) is 19.2 Å². The molecule has 0 amide bonds. The van der Waals surface area contributed by atoms with Crippen LogP contribution >= 0.6 is 0 Å². The Morgan fingerprint density at radius 2 is 2.07 bits per heavy atom. The van der Waals surface area contributed by atoms with Gasteiger partial charge in [-0.3, -0.25) is 0 Å². The molecule has 3 heteroatoms. The Balaban J connectivity index is 2.33. The molecule has 0 spiro atoms. The maximum atomic E-state index is 11.0. The molecule has 15 heavy (non-hydrogen) atoms. The molecular formula is C12H14O3. The highest BCUT2D eigenvalue weighted by atomic mass is 16.6. The smallest absolute Gasteiger partial charge is 0.344 e. The summed E-state index contributed by atoms with van der Waals surface area (Å²) in [5, 5.41) is 0. The number of benzene rings is 1. The lowest BCUT2D eigenvalue weighted by Crippen LogP contribution is -2.14. The van der Waals surface area contributed by atoms with Crippen LogP contribution in [0.15, 0.2) is 36.9 Å². The molecule has 1 aromatic carbocycles. The van der Waals surface area contributed by atoms with Crippen molar-refractivity contribution >= 4 is 5.97 Å². The lowest BCUT2D eigenvalue weighted by molar-refractivity contribution is -0.144. The monoisotopic (exact) mass is 206 g/mol. The van der Waals surface area contributed by atoms with E-state index in [-0.39, 0.29) is 13.2 Å². The maximum absolute atomic E-state index is 11.0. The third-order valence-electron chi connectivity index (χ3n) is 1.74. The maximum Gasteiger partial charge on any atom is 0.344 e. The molecule has 1 aromatic rings. The average Bonchev–Trinajstić information content (AvgIpc) is 2.25. The van der Waals surface area contributed by atoms with Gasteiger partial charge in [0.2, 0.25) is 0 Å². The number of rotatable bonds is 5. The summed E-state index contributed by atoms with van der Waals surface area (Å²) in [7, 11) is 0. The number of carbonyl (C=O) groups is 1. The van der Waals surface area contributed by atoms with Gasteiger partial charge in [0.25, 0.3) is 0 Å². The van der Waals surface area contributed by atoms with Gasteiger partial charge in [0.15, 0.2) is 6.61 Å². The lowest BCUT2D eigenvalue weighted by atomic mass is 10.2. The molecule has 0 fully saturated rings. The minimum absolute atomic E-state index is 0.0725. The fourth-order valence-corrected chi connectivity index (χ4v) is 0.970. The van der Waals surface area contributed by atoms with Crippen molar-refractivity contribution in [1.82, 2.24) is 0 Å². The minimum Gasteiger partial charge on any atom is -0.482 e. The van der Waals surface area contributed by atoms with Crippen LogP contribution in [0.2, 0.25) is 0 Å². The normalized spacial score (nSPS) is 9.40. The standard InChI is InChI=1S/C12H14O3/c1-3-8-14-12(13)9-15-11-6-4-10(2)5-7-11/h3-7H,1,8-9H2,2H3. The van der Waals surface area contributed by atoms with Crippen molar-refractivity contribution in [3.63, 3.8) is 0 Å². The summed E-state index contributed by atoms with van der Waals surface area (Å²) in [6.07, 6.45) is 1.52. The summed E-state index contributed by atoms with van der Waals surface area (Å²) < 4.78 is 9.97. The Morgan fingerprint density at radius 3 is 2.67 bits per heavy atom. The first-order chi connectivity index (χ1) is 7.22. The third-order valence-corrected chi connectivity index (χ3v) is 1.74. The molecule has 80 valence electrons. The van der Waals surface area contributed by atoms with Crippen LogP contribution in [-0.2, 0) is 9.53 Å². The van der Waals surface area contributed by atoms with Crippen molar-refractivity contribution in [2.45, 2.75) is 6.92 Å². The summed E-state index contributed by atoms with van der Waals surface area (Å²) in [5.41, 5.74) is 1.15. The molecule has 0 unspecified atom stereocenters. The summed E-state index contributed by atoms with van der Waals surface area (Å²) >= 11 is 0. The van der Waals surface area contributed by atoms with Crippen LogP contribution in [0.25, 0.3) is 0 Å². The summed E-state index contributed by atoms with van der Waals surface area (Å²) in [4.78, 5) is 11.0. The zero-order chi connectivity index (χ0) is 11.1. The zero-order valence-electron chi connectivity index (χ0n) is 8.73. The van der Waals surface area contributed by atoms with Crippen LogP contribution in [0.1, 0.15) is 5.56 Å². The molecule has 0 aromatic heterocycles. The molecule has 0 aliphatic rings. The van der Waals surface area contributed by atoms with Crippen molar-refractivity contribution in [2.24, 2.45) is 0 Å². The molecule has 1 rings (SSSR count). The van der Waals surface area contributed by atoms with Gasteiger partial charge in [-0.05, 0) is 19.1 Å². The number of aryl methyl sites for hydroxylation is 1. The molecule has 3 nitrogen and oxygen atoms in total. The number of hydrogen-bond acceptors (Lipinski definition) is 3. The molecule has 0 aliphatic heterocycles. The first-order valence-corrected chi connectivity index (χ1v) is 4.68. The Hall–Kier alpha value is -1.77. The summed E-state index contributed by atoms with van der Waals surface area (Å²) in [6, 6.07) is 7.47. The number of carbonyl (C=O) groups excluding carboxylic acids is 1. The van der Waals surface area contributed by atoms with Gasteiger partial charge in [0, 0.05) is 0 Å². The van der Waals surface area contributed by atoms with Crippen LogP contribution in [0.4, 0.5) is 0 Å². The predicted molar refractivity (Wildman–Crippen MR) is 57.8 cm³/mol. The average molecular weight is 206 g/mol. The molecule has 0 N–H and O–H groups in total. The van der Waals surface area contributed by atoms with E-state index in [0.717, 1.165) is 5.56 Å². The highest BCUT2D eigenvalue weighted by molar-refractivity contribution is 5.71. The van der Waals surface area contributed by atoms with Gasteiger partial charge in [-0.15, -0.1) is 0 Å². The fraction of sp³-hybridized carbons (Fsp3) is 0.250. The zero-order valence-corrected chi connectivity index (χ0v) is 8.73. The fourth-order valence-electron chi connectivity index (χ4n) is 0.970. The summed E-state index contributed by atoms with van der Waals surface area (Å²) in [5.74, 6) is 0.270. The number of esters is 1. The highest BCUT2D eigenvalue weighted by Crippen LogP contribution is 2.10. The first-order valence-electron chi connectivity index (χ1n) is 4.68. The molecule has 0 bridgehead atoms. The predicted octanol–water partition coefficient (Wildman–Crippen LogP) is 2.10. The molecule has 0 radical (unpaired) electrons. The Bertz CT molecular complexity index is 327. The van der Waals surface area contributed by atoms with E-state index in [2.05, 4.69) is 6.58 Å². The van der Waals surface area contributed by atoms with E-state index in [1.165, 1.54) is 6.08 Å². The lowest BCUT2D eigenvalue weighted by Gasteiger charge is -2.05. The first kappa shape index (κ1) is 11.3. The van der Waals surface area contributed by atoms with Crippen molar-refractivity contribution < 1.29 is 14.3 Å². The van der Waals surface area contributed by atoms with Gasteiger partial charge < -0.3 is 9.47 Å². The molecule has 0 aliphatic carbocycles. The van der Waals surface area contributed by atoms with Gasteiger partial charge in [-0.2, -0.15) is 0 Å². The largest absolute Gasteiger partial charge is 0.482 e. The van der Waals surface area contributed by atoms with E-state index >= 15 is 0 Å². The Morgan fingerprint density at radius 1 is 1.40 bits per heavy atom. The molecule has 0 saturated heterocycles. The van der Waals surface area contributed by atoms with Crippen molar-refractivity contribution in [3.8, 4) is 5.75 Å². The molecule has 0 heterocycles. The van der Waals surface area contributed by atoms with E-state index in [9.17, 15) is 4.79 Å². The van der Waals surface area contributed by atoms with Crippen LogP contribution in [0.5, 0.6) is 5.75 Å².